The Bertz CT molecular complexity index is 1130. The number of rotatable bonds is 3. The molecule has 0 radical (unpaired) electrons. The van der Waals surface area contributed by atoms with Crippen molar-refractivity contribution in [1.29, 1.82) is 0 Å². The lowest BCUT2D eigenvalue weighted by molar-refractivity contribution is 0.737. The highest BCUT2D eigenvalue weighted by molar-refractivity contribution is 5.84. The van der Waals surface area contributed by atoms with Crippen LogP contribution in [-0.4, -0.2) is 37.5 Å². The van der Waals surface area contributed by atoms with Crippen LogP contribution in [0.3, 0.4) is 0 Å². The summed E-state index contributed by atoms with van der Waals surface area (Å²) in [6, 6.07) is 8.50. The van der Waals surface area contributed by atoms with Crippen molar-refractivity contribution in [2.24, 2.45) is 7.05 Å². The third kappa shape index (κ3) is 2.94. The lowest BCUT2D eigenvalue weighted by Gasteiger charge is -2.14. The second kappa shape index (κ2) is 6.48. The molecule has 0 saturated carbocycles. The van der Waals surface area contributed by atoms with Gasteiger partial charge in [0.2, 0.25) is 0 Å². The van der Waals surface area contributed by atoms with E-state index in [4.69, 9.17) is 4.98 Å². The maximum Gasteiger partial charge on any atom is 0.0740 e. The molecule has 27 heavy (non-hydrogen) atoms. The van der Waals surface area contributed by atoms with E-state index < -0.39 is 0 Å². The van der Waals surface area contributed by atoms with E-state index >= 15 is 0 Å². The van der Waals surface area contributed by atoms with E-state index in [-0.39, 0.29) is 0 Å². The molecule has 0 spiro atoms. The fourth-order valence-corrected chi connectivity index (χ4v) is 3.59. The Morgan fingerprint density at radius 1 is 1.00 bits per heavy atom. The largest absolute Gasteiger partial charge is 0.313 e. The first-order valence-electron chi connectivity index (χ1n) is 9.11. The summed E-state index contributed by atoms with van der Waals surface area (Å²) in [7, 11) is 1.93. The molecule has 1 N–H and O–H groups in total. The molecule has 1 aliphatic rings. The van der Waals surface area contributed by atoms with Crippen molar-refractivity contribution < 1.29 is 0 Å². The number of aromatic nitrogens is 5. The number of fused-ring (bicyclic) bond motifs is 1. The average Bonchev–Trinajstić information content (AvgIpc) is 3.37. The topological polar surface area (TPSA) is 60.0 Å². The molecule has 0 saturated heterocycles. The van der Waals surface area contributed by atoms with Crippen LogP contribution in [0.1, 0.15) is 12.1 Å². The Morgan fingerprint density at radius 2 is 1.96 bits per heavy atom. The SMILES string of the molecule is Cn1cc(-c2cc(-c3ccc(C4=CCNCC4)nc3)c3ccnn3c2)cn1. The Balaban J connectivity index is 1.59. The third-order valence-electron chi connectivity index (χ3n) is 5.01. The summed E-state index contributed by atoms with van der Waals surface area (Å²) < 4.78 is 3.73. The molecule has 6 nitrogen and oxygen atoms in total. The highest BCUT2D eigenvalue weighted by Gasteiger charge is 2.12. The Kier molecular flexibility index (Phi) is 3.83. The van der Waals surface area contributed by atoms with Crippen LogP contribution in [-0.2, 0) is 7.05 Å². The summed E-state index contributed by atoms with van der Waals surface area (Å²) in [5.41, 5.74) is 7.81. The van der Waals surface area contributed by atoms with E-state index in [9.17, 15) is 0 Å². The van der Waals surface area contributed by atoms with E-state index in [1.54, 1.807) is 0 Å². The van der Waals surface area contributed by atoms with Crippen molar-refractivity contribution in [2.45, 2.75) is 6.42 Å². The third-order valence-corrected chi connectivity index (χ3v) is 5.01. The summed E-state index contributed by atoms with van der Waals surface area (Å²) in [5.74, 6) is 0. The summed E-state index contributed by atoms with van der Waals surface area (Å²) in [6.07, 6.45) is 13.0. The molecule has 1 aliphatic heterocycles. The molecule has 134 valence electrons. The van der Waals surface area contributed by atoms with Gasteiger partial charge in [-0.1, -0.05) is 12.1 Å². The van der Waals surface area contributed by atoms with Gasteiger partial charge in [-0.3, -0.25) is 9.67 Å². The van der Waals surface area contributed by atoms with Gasteiger partial charge in [-0.2, -0.15) is 10.2 Å². The van der Waals surface area contributed by atoms with Crippen molar-refractivity contribution >= 4 is 11.1 Å². The zero-order valence-corrected chi connectivity index (χ0v) is 15.1. The van der Waals surface area contributed by atoms with Crippen LogP contribution in [0.15, 0.2) is 61.3 Å². The highest BCUT2D eigenvalue weighted by Crippen LogP contribution is 2.30. The van der Waals surface area contributed by atoms with Crippen LogP contribution in [0.5, 0.6) is 0 Å². The number of hydrogen-bond acceptors (Lipinski definition) is 4. The molecule has 6 heteroatoms. The fourth-order valence-electron chi connectivity index (χ4n) is 3.59. The van der Waals surface area contributed by atoms with E-state index in [0.717, 1.165) is 53.0 Å². The minimum Gasteiger partial charge on any atom is -0.313 e. The summed E-state index contributed by atoms with van der Waals surface area (Å²) in [5, 5.41) is 12.1. The Morgan fingerprint density at radius 3 is 2.70 bits per heavy atom. The number of nitrogens with zero attached hydrogens (tertiary/aromatic N) is 5. The van der Waals surface area contributed by atoms with Crippen LogP contribution < -0.4 is 5.32 Å². The predicted molar refractivity (Wildman–Crippen MR) is 106 cm³/mol. The monoisotopic (exact) mass is 356 g/mol. The molecule has 0 unspecified atom stereocenters. The standard InChI is InChI=1S/C21H20N6/c1-26-13-18(12-25-26)17-10-19(21-6-9-24-27(21)14-17)16-2-3-20(23-11-16)15-4-7-22-8-5-15/h2-4,6,9-14,22H,5,7-8H2,1H3. The first-order valence-corrected chi connectivity index (χ1v) is 9.11. The van der Waals surface area contributed by atoms with Crippen LogP contribution in [0.25, 0.3) is 33.3 Å². The van der Waals surface area contributed by atoms with Crippen LogP contribution >= 0.6 is 0 Å². The smallest absolute Gasteiger partial charge is 0.0740 e. The van der Waals surface area contributed by atoms with E-state index in [1.165, 1.54) is 5.57 Å². The second-order valence-corrected chi connectivity index (χ2v) is 6.82. The van der Waals surface area contributed by atoms with Gasteiger partial charge in [-0.15, -0.1) is 0 Å². The molecule has 0 aliphatic carbocycles. The minimum absolute atomic E-state index is 0.919. The molecule has 5 rings (SSSR count). The molecule has 0 fully saturated rings. The van der Waals surface area contributed by atoms with Gasteiger partial charge in [0.05, 0.1) is 17.4 Å². The van der Waals surface area contributed by atoms with Gasteiger partial charge in [-0.25, -0.2) is 4.52 Å². The molecule has 4 aromatic heterocycles. The molecular formula is C21H20N6. The predicted octanol–water partition coefficient (Wildman–Crippen LogP) is 3.17. The number of nitrogens with one attached hydrogen (secondary N) is 1. The minimum atomic E-state index is 0.919. The maximum atomic E-state index is 4.73. The van der Waals surface area contributed by atoms with Gasteiger partial charge in [-0.05, 0) is 36.7 Å². The lowest BCUT2D eigenvalue weighted by atomic mass is 10.0. The van der Waals surface area contributed by atoms with Crippen molar-refractivity contribution in [1.82, 2.24) is 29.7 Å². The first-order chi connectivity index (χ1) is 13.3. The van der Waals surface area contributed by atoms with E-state index in [2.05, 4.69) is 39.8 Å². The molecule has 0 atom stereocenters. The number of aryl methyl sites for hydroxylation is 1. The summed E-state index contributed by atoms with van der Waals surface area (Å²) in [6.45, 7) is 1.93. The van der Waals surface area contributed by atoms with Crippen molar-refractivity contribution in [3.05, 3.63) is 67.0 Å². The van der Waals surface area contributed by atoms with Gasteiger partial charge in [0.1, 0.15) is 0 Å². The zero-order valence-electron chi connectivity index (χ0n) is 15.1. The van der Waals surface area contributed by atoms with E-state index in [0.29, 0.717) is 0 Å². The summed E-state index contributed by atoms with van der Waals surface area (Å²) >= 11 is 0. The zero-order chi connectivity index (χ0) is 18.2. The highest BCUT2D eigenvalue weighted by atomic mass is 15.2. The van der Waals surface area contributed by atoms with Crippen LogP contribution in [0.2, 0.25) is 0 Å². The quantitative estimate of drug-likeness (QED) is 0.612. The van der Waals surface area contributed by atoms with Gasteiger partial charge in [0.25, 0.3) is 0 Å². The molecule has 0 aromatic carbocycles. The lowest BCUT2D eigenvalue weighted by Crippen LogP contribution is -2.20. The molecule has 4 aromatic rings. The average molecular weight is 356 g/mol. The van der Waals surface area contributed by atoms with E-state index in [1.807, 2.05) is 53.3 Å². The number of pyridine rings is 2. The second-order valence-electron chi connectivity index (χ2n) is 6.82. The fraction of sp³-hybridized carbons (Fsp3) is 0.190. The van der Waals surface area contributed by atoms with Gasteiger partial charge >= 0.3 is 0 Å². The normalized spacial score (nSPS) is 14.5. The van der Waals surface area contributed by atoms with Crippen molar-refractivity contribution in [3.8, 4) is 22.3 Å². The van der Waals surface area contributed by atoms with Gasteiger partial charge in [0, 0.05) is 60.6 Å². The van der Waals surface area contributed by atoms with Crippen molar-refractivity contribution in [2.75, 3.05) is 13.1 Å². The van der Waals surface area contributed by atoms with Crippen molar-refractivity contribution in [3.63, 3.8) is 0 Å². The maximum absolute atomic E-state index is 4.73. The molecule has 0 amide bonds. The molecule has 5 heterocycles. The van der Waals surface area contributed by atoms with Gasteiger partial charge in [0.15, 0.2) is 0 Å². The summed E-state index contributed by atoms with van der Waals surface area (Å²) in [4.78, 5) is 4.73. The van der Waals surface area contributed by atoms with Crippen LogP contribution in [0.4, 0.5) is 0 Å². The Labute approximate surface area is 157 Å². The first kappa shape index (κ1) is 16.0. The molecular weight excluding hydrogens is 336 g/mol. The van der Waals surface area contributed by atoms with Crippen LogP contribution in [0, 0.1) is 0 Å². The van der Waals surface area contributed by atoms with Gasteiger partial charge < -0.3 is 5.32 Å². The Hall–Kier alpha value is -3.25. The molecule has 0 bridgehead atoms. The number of hydrogen-bond donors (Lipinski definition) is 1.